The fourth-order valence-electron chi connectivity index (χ4n) is 1.12. The van der Waals surface area contributed by atoms with Crippen molar-refractivity contribution in [1.82, 2.24) is 10.1 Å². The molecule has 14 heavy (non-hydrogen) atoms. The van der Waals surface area contributed by atoms with Gasteiger partial charge in [0.25, 0.3) is 4.80 Å². The molecule has 0 N–H and O–H groups in total. The minimum absolute atomic E-state index is 0.388. The third-order valence-corrected chi connectivity index (χ3v) is 2.44. The standard InChI is InChI=1S/C9H6BrClN2O/c10-9-12-8(13-14-9)5-6-3-1-2-4-7(6)11/h1-4H,5H2. The lowest BCUT2D eigenvalue weighted by Gasteiger charge is -1.98. The lowest BCUT2D eigenvalue weighted by molar-refractivity contribution is 0.391. The van der Waals surface area contributed by atoms with Crippen LogP contribution in [0.5, 0.6) is 0 Å². The number of rotatable bonds is 2. The molecule has 72 valence electrons. The van der Waals surface area contributed by atoms with Gasteiger partial charge < -0.3 is 4.52 Å². The molecule has 1 heterocycles. The second kappa shape index (κ2) is 4.11. The van der Waals surface area contributed by atoms with Crippen molar-refractivity contribution in [2.75, 3.05) is 0 Å². The summed E-state index contributed by atoms with van der Waals surface area (Å²) in [4.78, 5) is 4.42. The summed E-state index contributed by atoms with van der Waals surface area (Å²) in [6.07, 6.45) is 0.578. The second-order valence-corrected chi connectivity index (χ2v) is 3.82. The molecular formula is C9H6BrClN2O. The van der Waals surface area contributed by atoms with Gasteiger partial charge in [0.05, 0.1) is 0 Å². The van der Waals surface area contributed by atoms with E-state index in [-0.39, 0.29) is 0 Å². The van der Waals surface area contributed by atoms with Crippen LogP contribution >= 0.6 is 27.5 Å². The molecule has 1 aromatic carbocycles. The molecule has 5 heteroatoms. The molecule has 0 atom stereocenters. The largest absolute Gasteiger partial charge is 0.327 e. The highest BCUT2D eigenvalue weighted by Gasteiger charge is 2.06. The van der Waals surface area contributed by atoms with Crippen molar-refractivity contribution in [3.8, 4) is 0 Å². The molecule has 0 aliphatic heterocycles. The first-order valence-electron chi connectivity index (χ1n) is 3.97. The van der Waals surface area contributed by atoms with E-state index in [2.05, 4.69) is 26.1 Å². The Balaban J connectivity index is 2.23. The van der Waals surface area contributed by atoms with Gasteiger partial charge in [0, 0.05) is 27.4 Å². The Bertz CT molecular complexity index is 444. The lowest BCUT2D eigenvalue weighted by atomic mass is 10.1. The zero-order chi connectivity index (χ0) is 9.97. The lowest BCUT2D eigenvalue weighted by Crippen LogP contribution is -1.91. The van der Waals surface area contributed by atoms with Gasteiger partial charge in [-0.05, 0) is 11.6 Å². The van der Waals surface area contributed by atoms with Gasteiger partial charge in [-0.15, -0.1) is 0 Å². The molecule has 0 saturated heterocycles. The van der Waals surface area contributed by atoms with Gasteiger partial charge in [-0.2, -0.15) is 4.98 Å². The van der Waals surface area contributed by atoms with Crippen molar-refractivity contribution in [3.63, 3.8) is 0 Å². The Morgan fingerprint density at radius 2 is 2.14 bits per heavy atom. The second-order valence-electron chi connectivity index (χ2n) is 2.73. The van der Waals surface area contributed by atoms with Crippen LogP contribution in [0.2, 0.25) is 5.02 Å². The van der Waals surface area contributed by atoms with Gasteiger partial charge in [-0.25, -0.2) is 0 Å². The van der Waals surface area contributed by atoms with Crippen molar-refractivity contribution in [1.29, 1.82) is 0 Å². The molecule has 0 spiro atoms. The van der Waals surface area contributed by atoms with E-state index in [1.54, 1.807) is 0 Å². The molecule has 0 amide bonds. The molecular weight excluding hydrogens is 267 g/mol. The number of hydrogen-bond donors (Lipinski definition) is 0. The maximum absolute atomic E-state index is 5.98. The molecule has 0 saturated carbocycles. The first kappa shape index (κ1) is 9.68. The van der Waals surface area contributed by atoms with Crippen LogP contribution in [0, 0.1) is 0 Å². The van der Waals surface area contributed by atoms with E-state index in [1.807, 2.05) is 24.3 Å². The predicted octanol–water partition coefficient (Wildman–Crippen LogP) is 3.08. The number of hydrogen-bond acceptors (Lipinski definition) is 3. The van der Waals surface area contributed by atoms with Crippen molar-refractivity contribution in [3.05, 3.63) is 45.5 Å². The predicted molar refractivity (Wildman–Crippen MR) is 56.3 cm³/mol. The Kier molecular flexibility index (Phi) is 2.84. The van der Waals surface area contributed by atoms with Gasteiger partial charge >= 0.3 is 0 Å². The minimum atomic E-state index is 0.388. The molecule has 0 bridgehead atoms. The highest BCUT2D eigenvalue weighted by molar-refractivity contribution is 9.10. The molecule has 1 aromatic heterocycles. The molecule has 0 fully saturated rings. The summed E-state index contributed by atoms with van der Waals surface area (Å²) >= 11 is 9.07. The average molecular weight is 274 g/mol. The van der Waals surface area contributed by atoms with Gasteiger partial charge in [0.1, 0.15) is 0 Å². The zero-order valence-corrected chi connectivity index (χ0v) is 9.42. The van der Waals surface area contributed by atoms with E-state index in [0.29, 0.717) is 22.1 Å². The summed E-state index contributed by atoms with van der Waals surface area (Å²) in [5.41, 5.74) is 0.988. The minimum Gasteiger partial charge on any atom is -0.327 e. The molecule has 0 aliphatic carbocycles. The van der Waals surface area contributed by atoms with E-state index < -0.39 is 0 Å². The normalized spacial score (nSPS) is 10.4. The van der Waals surface area contributed by atoms with Crippen molar-refractivity contribution in [2.45, 2.75) is 6.42 Å². The fraction of sp³-hybridized carbons (Fsp3) is 0.111. The van der Waals surface area contributed by atoms with Crippen molar-refractivity contribution in [2.24, 2.45) is 0 Å². The van der Waals surface area contributed by atoms with Crippen molar-refractivity contribution >= 4 is 27.5 Å². The van der Waals surface area contributed by atoms with Crippen LogP contribution in [0.4, 0.5) is 0 Å². The molecule has 0 aliphatic rings. The number of halogens is 2. The SMILES string of the molecule is Clc1ccccc1Cc1noc(Br)n1. The van der Waals surface area contributed by atoms with Crippen LogP contribution in [0.3, 0.4) is 0 Å². The van der Waals surface area contributed by atoms with E-state index >= 15 is 0 Å². The van der Waals surface area contributed by atoms with Crippen LogP contribution in [-0.2, 0) is 6.42 Å². The molecule has 0 unspecified atom stereocenters. The average Bonchev–Trinajstić information content (AvgIpc) is 2.56. The molecule has 2 aromatic rings. The van der Waals surface area contributed by atoms with E-state index in [4.69, 9.17) is 16.1 Å². The molecule has 0 radical (unpaired) electrons. The summed E-state index contributed by atoms with van der Waals surface area (Å²) in [6, 6.07) is 7.59. The van der Waals surface area contributed by atoms with Gasteiger partial charge in [-0.3, -0.25) is 0 Å². The highest BCUT2D eigenvalue weighted by Crippen LogP contribution is 2.18. The maximum Gasteiger partial charge on any atom is 0.293 e. The number of nitrogens with zero attached hydrogens (tertiary/aromatic N) is 2. The Morgan fingerprint density at radius 1 is 1.36 bits per heavy atom. The smallest absolute Gasteiger partial charge is 0.293 e. The van der Waals surface area contributed by atoms with Crippen LogP contribution in [-0.4, -0.2) is 10.1 Å². The first-order chi connectivity index (χ1) is 6.75. The van der Waals surface area contributed by atoms with Gasteiger partial charge in [0.15, 0.2) is 5.82 Å². The fourth-order valence-corrected chi connectivity index (χ4v) is 1.60. The first-order valence-corrected chi connectivity index (χ1v) is 5.14. The monoisotopic (exact) mass is 272 g/mol. The Labute approximate surface area is 94.2 Å². The summed E-state index contributed by atoms with van der Waals surface area (Å²) in [5.74, 6) is 0.616. The topological polar surface area (TPSA) is 38.9 Å². The van der Waals surface area contributed by atoms with Crippen LogP contribution in [0.15, 0.2) is 33.6 Å². The van der Waals surface area contributed by atoms with E-state index in [9.17, 15) is 0 Å². The third-order valence-electron chi connectivity index (χ3n) is 1.75. The highest BCUT2D eigenvalue weighted by atomic mass is 79.9. The maximum atomic E-state index is 5.98. The molecule has 3 nitrogen and oxygen atoms in total. The van der Waals surface area contributed by atoms with Crippen LogP contribution < -0.4 is 0 Å². The van der Waals surface area contributed by atoms with E-state index in [0.717, 1.165) is 5.56 Å². The summed E-state index contributed by atoms with van der Waals surface area (Å²) in [6.45, 7) is 0. The van der Waals surface area contributed by atoms with E-state index in [1.165, 1.54) is 0 Å². The van der Waals surface area contributed by atoms with Crippen molar-refractivity contribution < 1.29 is 4.52 Å². The summed E-state index contributed by atoms with van der Waals surface area (Å²) in [7, 11) is 0. The summed E-state index contributed by atoms with van der Waals surface area (Å²) in [5, 5.41) is 4.48. The quantitative estimate of drug-likeness (QED) is 0.844. The Morgan fingerprint density at radius 3 is 2.79 bits per heavy atom. The number of aromatic nitrogens is 2. The van der Waals surface area contributed by atoms with Crippen LogP contribution in [0.1, 0.15) is 11.4 Å². The third kappa shape index (κ3) is 2.13. The number of benzene rings is 1. The van der Waals surface area contributed by atoms with Gasteiger partial charge in [0.2, 0.25) is 0 Å². The molecule has 2 rings (SSSR count). The zero-order valence-electron chi connectivity index (χ0n) is 7.08. The van der Waals surface area contributed by atoms with Gasteiger partial charge in [-0.1, -0.05) is 35.0 Å². The summed E-state index contributed by atoms with van der Waals surface area (Å²) < 4.78 is 4.79. The Hall–Kier alpha value is -0.870. The van der Waals surface area contributed by atoms with Crippen LogP contribution in [0.25, 0.3) is 0 Å².